The molecule has 0 spiro atoms. The molecule has 1 atom stereocenters. The minimum atomic E-state index is 0.835. The van der Waals surface area contributed by atoms with Crippen molar-refractivity contribution in [3.05, 3.63) is 35.4 Å². The predicted molar refractivity (Wildman–Crippen MR) is 81.0 cm³/mol. The van der Waals surface area contributed by atoms with Crippen LogP contribution < -0.4 is 5.32 Å². The largest absolute Gasteiger partial charge is 0.316 e. The van der Waals surface area contributed by atoms with Crippen LogP contribution in [-0.2, 0) is 13.1 Å². The molecule has 0 bridgehead atoms. The van der Waals surface area contributed by atoms with Crippen molar-refractivity contribution in [1.82, 2.24) is 10.2 Å². The van der Waals surface area contributed by atoms with Crippen molar-refractivity contribution in [3.8, 4) is 0 Å². The molecule has 1 heterocycles. The van der Waals surface area contributed by atoms with E-state index in [2.05, 4.69) is 53.2 Å². The van der Waals surface area contributed by atoms with Gasteiger partial charge in [0.1, 0.15) is 0 Å². The van der Waals surface area contributed by atoms with E-state index < -0.39 is 0 Å². The van der Waals surface area contributed by atoms with Crippen LogP contribution in [-0.4, -0.2) is 36.0 Å². The Kier molecular flexibility index (Phi) is 5.54. The number of nitrogens with one attached hydrogen (secondary N) is 1. The van der Waals surface area contributed by atoms with E-state index in [1.54, 1.807) is 0 Å². The van der Waals surface area contributed by atoms with E-state index in [1.807, 2.05) is 7.05 Å². The van der Waals surface area contributed by atoms with Crippen molar-refractivity contribution in [2.45, 2.75) is 31.7 Å². The summed E-state index contributed by atoms with van der Waals surface area (Å²) in [4.78, 5) is 2.59. The standard InChI is InChI=1S/C15H24N2S/c1-3-15-12-17(8-9-18-15)11-14-6-4-13(5-7-14)10-16-2/h4-7,15-16H,3,8-12H2,1-2H3. The molecular weight excluding hydrogens is 240 g/mol. The highest BCUT2D eigenvalue weighted by atomic mass is 32.2. The lowest BCUT2D eigenvalue weighted by molar-refractivity contribution is 0.273. The van der Waals surface area contributed by atoms with Crippen molar-refractivity contribution in [2.24, 2.45) is 0 Å². The van der Waals surface area contributed by atoms with Gasteiger partial charge in [-0.3, -0.25) is 4.90 Å². The third-order valence-corrected chi connectivity index (χ3v) is 4.86. The molecule has 1 N–H and O–H groups in total. The minimum absolute atomic E-state index is 0.835. The van der Waals surface area contributed by atoms with E-state index in [9.17, 15) is 0 Å². The Morgan fingerprint density at radius 3 is 2.67 bits per heavy atom. The molecule has 0 amide bonds. The van der Waals surface area contributed by atoms with Crippen LogP contribution in [0.5, 0.6) is 0 Å². The van der Waals surface area contributed by atoms with Crippen LogP contribution in [0, 0.1) is 0 Å². The van der Waals surface area contributed by atoms with Gasteiger partial charge < -0.3 is 5.32 Å². The highest BCUT2D eigenvalue weighted by molar-refractivity contribution is 8.00. The average molecular weight is 264 g/mol. The Morgan fingerprint density at radius 1 is 1.28 bits per heavy atom. The number of thioether (sulfide) groups is 1. The molecule has 1 aliphatic rings. The predicted octanol–water partition coefficient (Wildman–Crippen LogP) is 2.73. The summed E-state index contributed by atoms with van der Waals surface area (Å²) >= 11 is 2.14. The zero-order valence-electron chi connectivity index (χ0n) is 11.5. The van der Waals surface area contributed by atoms with Gasteiger partial charge in [0.05, 0.1) is 0 Å². The number of rotatable bonds is 5. The van der Waals surface area contributed by atoms with Gasteiger partial charge in [0.15, 0.2) is 0 Å². The number of hydrogen-bond donors (Lipinski definition) is 1. The summed E-state index contributed by atoms with van der Waals surface area (Å²) in [5.74, 6) is 1.29. The second-order valence-corrected chi connectivity index (χ2v) is 6.39. The van der Waals surface area contributed by atoms with E-state index in [0.29, 0.717) is 0 Å². The van der Waals surface area contributed by atoms with Crippen LogP contribution in [0.2, 0.25) is 0 Å². The maximum absolute atomic E-state index is 3.19. The van der Waals surface area contributed by atoms with Gasteiger partial charge in [-0.1, -0.05) is 31.2 Å². The molecule has 0 aliphatic carbocycles. The molecule has 1 aromatic rings. The van der Waals surface area contributed by atoms with Gasteiger partial charge in [0.25, 0.3) is 0 Å². The van der Waals surface area contributed by atoms with E-state index >= 15 is 0 Å². The zero-order chi connectivity index (χ0) is 12.8. The van der Waals surface area contributed by atoms with Crippen molar-refractivity contribution >= 4 is 11.8 Å². The molecule has 2 nitrogen and oxygen atoms in total. The third-order valence-electron chi connectivity index (χ3n) is 3.49. The molecule has 1 fully saturated rings. The van der Waals surface area contributed by atoms with Gasteiger partial charge in [0, 0.05) is 37.2 Å². The van der Waals surface area contributed by atoms with Gasteiger partial charge in [-0.2, -0.15) is 11.8 Å². The van der Waals surface area contributed by atoms with Crippen molar-refractivity contribution in [2.75, 3.05) is 25.9 Å². The molecule has 1 saturated heterocycles. The second kappa shape index (κ2) is 7.17. The fourth-order valence-corrected chi connectivity index (χ4v) is 3.64. The summed E-state index contributed by atoms with van der Waals surface area (Å²) < 4.78 is 0. The first-order valence-electron chi connectivity index (χ1n) is 6.88. The smallest absolute Gasteiger partial charge is 0.0234 e. The molecule has 0 saturated carbocycles. The minimum Gasteiger partial charge on any atom is -0.316 e. The summed E-state index contributed by atoms with van der Waals surface area (Å²) in [6, 6.07) is 9.02. The van der Waals surface area contributed by atoms with Crippen LogP contribution in [0.4, 0.5) is 0 Å². The Morgan fingerprint density at radius 2 is 2.00 bits per heavy atom. The van der Waals surface area contributed by atoms with Crippen LogP contribution in [0.3, 0.4) is 0 Å². The van der Waals surface area contributed by atoms with Gasteiger partial charge in [-0.25, -0.2) is 0 Å². The Bertz CT molecular complexity index is 350. The topological polar surface area (TPSA) is 15.3 Å². The van der Waals surface area contributed by atoms with Crippen LogP contribution >= 0.6 is 11.8 Å². The Hall–Kier alpha value is -0.510. The summed E-state index contributed by atoms with van der Waals surface area (Å²) in [5.41, 5.74) is 2.80. The number of benzene rings is 1. The third kappa shape index (κ3) is 4.01. The second-order valence-electron chi connectivity index (χ2n) is 4.98. The fourth-order valence-electron chi connectivity index (χ4n) is 2.40. The van der Waals surface area contributed by atoms with Gasteiger partial charge in [0.2, 0.25) is 0 Å². The molecule has 0 aromatic heterocycles. The zero-order valence-corrected chi connectivity index (χ0v) is 12.3. The highest BCUT2D eigenvalue weighted by Gasteiger charge is 2.18. The average Bonchev–Trinajstić information content (AvgIpc) is 2.42. The van der Waals surface area contributed by atoms with Crippen molar-refractivity contribution < 1.29 is 0 Å². The fraction of sp³-hybridized carbons (Fsp3) is 0.600. The van der Waals surface area contributed by atoms with Crippen molar-refractivity contribution in [1.29, 1.82) is 0 Å². The first-order chi connectivity index (χ1) is 8.81. The van der Waals surface area contributed by atoms with E-state index in [4.69, 9.17) is 0 Å². The molecule has 1 aliphatic heterocycles. The summed E-state index contributed by atoms with van der Waals surface area (Å²) in [5, 5.41) is 4.02. The molecule has 0 radical (unpaired) electrons. The molecule has 3 heteroatoms. The quantitative estimate of drug-likeness (QED) is 0.880. The number of hydrogen-bond acceptors (Lipinski definition) is 3. The summed E-state index contributed by atoms with van der Waals surface area (Å²) in [7, 11) is 1.99. The normalized spacial score (nSPS) is 21.1. The lowest BCUT2D eigenvalue weighted by atomic mass is 10.1. The van der Waals surface area contributed by atoms with Crippen molar-refractivity contribution in [3.63, 3.8) is 0 Å². The molecule has 1 aromatic carbocycles. The highest BCUT2D eigenvalue weighted by Crippen LogP contribution is 2.22. The molecule has 2 rings (SSSR count). The van der Waals surface area contributed by atoms with Crippen LogP contribution in [0.1, 0.15) is 24.5 Å². The number of nitrogens with zero attached hydrogens (tertiary/aromatic N) is 1. The monoisotopic (exact) mass is 264 g/mol. The van der Waals surface area contributed by atoms with Crippen LogP contribution in [0.15, 0.2) is 24.3 Å². The Labute approximate surface area is 115 Å². The lowest BCUT2D eigenvalue weighted by Crippen LogP contribution is -2.36. The lowest BCUT2D eigenvalue weighted by Gasteiger charge is -2.31. The molecule has 18 heavy (non-hydrogen) atoms. The molecule has 100 valence electrons. The summed E-state index contributed by atoms with van der Waals surface area (Å²) in [6.45, 7) is 6.85. The van der Waals surface area contributed by atoms with E-state index in [-0.39, 0.29) is 0 Å². The molecule has 1 unspecified atom stereocenters. The summed E-state index contributed by atoms with van der Waals surface area (Å²) in [6.07, 6.45) is 1.29. The SMILES string of the molecule is CCC1CN(Cc2ccc(CNC)cc2)CCS1. The molecular formula is C15H24N2S. The van der Waals surface area contributed by atoms with E-state index in [0.717, 1.165) is 18.3 Å². The van der Waals surface area contributed by atoms with Gasteiger partial charge in [-0.15, -0.1) is 0 Å². The maximum atomic E-state index is 3.19. The van der Waals surface area contributed by atoms with Gasteiger partial charge in [-0.05, 0) is 24.6 Å². The maximum Gasteiger partial charge on any atom is 0.0234 e. The van der Waals surface area contributed by atoms with Crippen LogP contribution in [0.25, 0.3) is 0 Å². The first-order valence-corrected chi connectivity index (χ1v) is 7.93. The van der Waals surface area contributed by atoms with E-state index in [1.165, 1.54) is 36.4 Å². The first kappa shape index (κ1) is 13.9. The van der Waals surface area contributed by atoms with Gasteiger partial charge >= 0.3 is 0 Å². The Balaban J connectivity index is 1.88.